The minimum absolute atomic E-state index is 0.750. The van der Waals surface area contributed by atoms with Crippen LogP contribution in [0.15, 0.2) is 35.3 Å². The molecule has 0 spiro atoms. The summed E-state index contributed by atoms with van der Waals surface area (Å²) in [5.74, 6) is 1.50. The van der Waals surface area contributed by atoms with Crippen molar-refractivity contribution in [2.75, 3.05) is 20.5 Å². The number of hydrogen-bond acceptors (Lipinski definition) is 3. The average molecular weight is 250 g/mol. The van der Waals surface area contributed by atoms with Gasteiger partial charge in [0.05, 0.1) is 14.2 Å². The molecule has 0 fully saturated rings. The summed E-state index contributed by atoms with van der Waals surface area (Å²) in [6.45, 7) is 2.09. The molecule has 0 aromatic heterocycles. The molecule has 0 saturated carbocycles. The Bertz CT molecular complexity index is 422. The molecule has 1 rings (SSSR count). The number of hydrogen-bond donors (Lipinski definition) is 0. The maximum Gasteiger partial charge on any atom is 0.161 e. The summed E-state index contributed by atoms with van der Waals surface area (Å²) in [4.78, 5) is 1.28. The fourth-order valence-electron chi connectivity index (χ4n) is 1.32. The second-order valence-electron chi connectivity index (χ2n) is 3.45. The zero-order chi connectivity index (χ0) is 12.7. The van der Waals surface area contributed by atoms with E-state index in [1.165, 1.54) is 4.91 Å². The lowest BCUT2D eigenvalue weighted by Gasteiger charge is -2.07. The summed E-state index contributed by atoms with van der Waals surface area (Å²) in [6, 6.07) is 5.86. The highest BCUT2D eigenvalue weighted by molar-refractivity contribution is 8.02. The zero-order valence-corrected chi connectivity index (χ0v) is 11.5. The Balaban J connectivity index is 2.86. The number of ether oxygens (including phenoxy) is 2. The second kappa shape index (κ2) is 7.07. The number of rotatable bonds is 5. The first-order chi connectivity index (χ1) is 8.21. The summed E-state index contributed by atoms with van der Waals surface area (Å²) >= 11 is 1.74. The van der Waals surface area contributed by atoms with E-state index in [4.69, 9.17) is 9.47 Å². The Labute approximate surface area is 107 Å². The third-order valence-electron chi connectivity index (χ3n) is 2.35. The summed E-state index contributed by atoms with van der Waals surface area (Å²) in [6.07, 6.45) is 8.23. The van der Waals surface area contributed by atoms with Crippen molar-refractivity contribution in [3.63, 3.8) is 0 Å². The van der Waals surface area contributed by atoms with E-state index in [9.17, 15) is 0 Å². The molecule has 3 heteroatoms. The van der Waals surface area contributed by atoms with E-state index in [0.29, 0.717) is 0 Å². The van der Waals surface area contributed by atoms with Gasteiger partial charge in [-0.15, -0.1) is 11.8 Å². The lowest BCUT2D eigenvalue weighted by atomic mass is 10.2. The Hall–Kier alpha value is -1.35. The van der Waals surface area contributed by atoms with E-state index in [1.54, 1.807) is 26.0 Å². The highest BCUT2D eigenvalue weighted by atomic mass is 32.2. The largest absolute Gasteiger partial charge is 0.493 e. The molecule has 0 aliphatic heterocycles. The Morgan fingerprint density at radius 3 is 2.47 bits per heavy atom. The Morgan fingerprint density at radius 2 is 1.88 bits per heavy atom. The van der Waals surface area contributed by atoms with Crippen molar-refractivity contribution in [1.29, 1.82) is 0 Å². The standard InChI is InChI=1S/C14H18O2S/c1-11(17-4)6-5-7-12-8-9-13(15-2)14(10-12)16-3/h5-10H,1-4H3/b7-5+,11-6-. The maximum atomic E-state index is 5.25. The van der Waals surface area contributed by atoms with Crippen LogP contribution in [0.5, 0.6) is 11.5 Å². The van der Waals surface area contributed by atoms with E-state index in [2.05, 4.69) is 19.3 Å². The van der Waals surface area contributed by atoms with Crippen LogP contribution in [0.2, 0.25) is 0 Å². The Morgan fingerprint density at radius 1 is 1.18 bits per heavy atom. The Kier molecular flexibility index (Phi) is 5.70. The predicted octanol–water partition coefficient (Wildman–Crippen LogP) is 3.98. The van der Waals surface area contributed by atoms with Crippen molar-refractivity contribution in [3.8, 4) is 11.5 Å². The summed E-state index contributed by atoms with van der Waals surface area (Å²) in [5.41, 5.74) is 1.09. The van der Waals surface area contributed by atoms with Crippen LogP contribution in [0.4, 0.5) is 0 Å². The molecule has 0 atom stereocenters. The minimum atomic E-state index is 0.750. The van der Waals surface area contributed by atoms with Gasteiger partial charge in [0, 0.05) is 0 Å². The van der Waals surface area contributed by atoms with Gasteiger partial charge >= 0.3 is 0 Å². The summed E-state index contributed by atoms with van der Waals surface area (Å²) in [7, 11) is 3.28. The van der Waals surface area contributed by atoms with Gasteiger partial charge in [0.25, 0.3) is 0 Å². The van der Waals surface area contributed by atoms with Crippen molar-refractivity contribution in [1.82, 2.24) is 0 Å². The molecule has 92 valence electrons. The van der Waals surface area contributed by atoms with Crippen LogP contribution >= 0.6 is 11.8 Å². The van der Waals surface area contributed by atoms with E-state index >= 15 is 0 Å². The van der Waals surface area contributed by atoms with Crippen molar-refractivity contribution < 1.29 is 9.47 Å². The first-order valence-corrected chi connectivity index (χ1v) is 6.54. The monoisotopic (exact) mass is 250 g/mol. The number of thioether (sulfide) groups is 1. The molecule has 0 aliphatic carbocycles. The van der Waals surface area contributed by atoms with E-state index in [1.807, 2.05) is 30.4 Å². The van der Waals surface area contributed by atoms with Crippen LogP contribution in [0.3, 0.4) is 0 Å². The van der Waals surface area contributed by atoms with Crippen LogP contribution < -0.4 is 9.47 Å². The maximum absolute atomic E-state index is 5.25. The van der Waals surface area contributed by atoms with Gasteiger partial charge in [0.2, 0.25) is 0 Å². The van der Waals surface area contributed by atoms with Gasteiger partial charge in [-0.2, -0.15) is 0 Å². The smallest absolute Gasteiger partial charge is 0.161 e. The lowest BCUT2D eigenvalue weighted by Crippen LogP contribution is -1.90. The van der Waals surface area contributed by atoms with Gasteiger partial charge in [-0.3, -0.25) is 0 Å². The molecular weight excluding hydrogens is 232 g/mol. The van der Waals surface area contributed by atoms with Crippen LogP contribution in [0, 0.1) is 0 Å². The predicted molar refractivity (Wildman–Crippen MR) is 75.9 cm³/mol. The van der Waals surface area contributed by atoms with Gasteiger partial charge in [-0.25, -0.2) is 0 Å². The van der Waals surface area contributed by atoms with E-state index in [-0.39, 0.29) is 0 Å². The summed E-state index contributed by atoms with van der Waals surface area (Å²) < 4.78 is 10.4. The topological polar surface area (TPSA) is 18.5 Å². The fraction of sp³-hybridized carbons (Fsp3) is 0.286. The SMILES string of the molecule is COc1ccc(/C=C/C=C(/C)SC)cc1OC. The van der Waals surface area contributed by atoms with Crippen LogP contribution in [-0.4, -0.2) is 20.5 Å². The highest BCUT2D eigenvalue weighted by Crippen LogP contribution is 2.28. The molecule has 0 aliphatic rings. The quantitative estimate of drug-likeness (QED) is 0.736. The minimum Gasteiger partial charge on any atom is -0.493 e. The van der Waals surface area contributed by atoms with Gasteiger partial charge < -0.3 is 9.47 Å². The zero-order valence-electron chi connectivity index (χ0n) is 10.7. The average Bonchev–Trinajstić information content (AvgIpc) is 2.38. The van der Waals surface area contributed by atoms with E-state index in [0.717, 1.165) is 17.1 Å². The van der Waals surface area contributed by atoms with Gasteiger partial charge in [0.1, 0.15) is 0 Å². The summed E-state index contributed by atoms with van der Waals surface area (Å²) in [5, 5.41) is 0. The molecule has 0 saturated heterocycles. The third kappa shape index (κ3) is 4.19. The molecular formula is C14H18O2S. The number of methoxy groups -OCH3 is 2. The molecule has 2 nitrogen and oxygen atoms in total. The third-order valence-corrected chi connectivity index (χ3v) is 3.13. The van der Waals surface area contributed by atoms with E-state index < -0.39 is 0 Å². The van der Waals surface area contributed by atoms with Gasteiger partial charge in [-0.1, -0.05) is 24.3 Å². The van der Waals surface area contributed by atoms with Crippen molar-refractivity contribution in [2.24, 2.45) is 0 Å². The molecule has 0 bridgehead atoms. The van der Waals surface area contributed by atoms with Crippen molar-refractivity contribution in [2.45, 2.75) is 6.92 Å². The molecule has 0 amide bonds. The first-order valence-electron chi connectivity index (χ1n) is 5.32. The molecule has 0 unspecified atom stereocenters. The number of benzene rings is 1. The molecule has 17 heavy (non-hydrogen) atoms. The van der Waals surface area contributed by atoms with Crippen LogP contribution in [0.1, 0.15) is 12.5 Å². The second-order valence-corrected chi connectivity index (χ2v) is 4.51. The van der Waals surface area contributed by atoms with Crippen LogP contribution in [0.25, 0.3) is 6.08 Å². The molecule has 1 aromatic carbocycles. The fourth-order valence-corrected chi connectivity index (χ4v) is 1.53. The molecule has 1 aromatic rings. The number of allylic oxidation sites excluding steroid dienone is 3. The first kappa shape index (κ1) is 13.7. The molecule has 0 heterocycles. The van der Waals surface area contributed by atoms with Gasteiger partial charge in [0.15, 0.2) is 11.5 Å². The normalized spacial score (nSPS) is 11.9. The van der Waals surface area contributed by atoms with Gasteiger partial charge in [-0.05, 0) is 35.8 Å². The van der Waals surface area contributed by atoms with Crippen molar-refractivity contribution >= 4 is 17.8 Å². The molecule has 0 radical (unpaired) electrons. The van der Waals surface area contributed by atoms with Crippen LogP contribution in [-0.2, 0) is 0 Å². The highest BCUT2D eigenvalue weighted by Gasteiger charge is 2.01. The lowest BCUT2D eigenvalue weighted by molar-refractivity contribution is 0.355. The van der Waals surface area contributed by atoms with Crippen molar-refractivity contribution in [3.05, 3.63) is 40.8 Å². The molecule has 0 N–H and O–H groups in total.